The molecule has 120 valence electrons. The molecule has 0 aromatic carbocycles. The van der Waals surface area contributed by atoms with E-state index in [4.69, 9.17) is 4.74 Å². The summed E-state index contributed by atoms with van der Waals surface area (Å²) in [4.78, 5) is 19.1. The molecule has 2 heterocycles. The second-order valence-electron chi connectivity index (χ2n) is 6.05. The van der Waals surface area contributed by atoms with Gasteiger partial charge in [0.2, 0.25) is 5.88 Å². The van der Waals surface area contributed by atoms with Gasteiger partial charge >= 0.3 is 0 Å². The Morgan fingerprint density at radius 3 is 2.55 bits per heavy atom. The Hall–Kier alpha value is -1.88. The van der Waals surface area contributed by atoms with Crippen LogP contribution in [0.15, 0.2) is 29.2 Å². The van der Waals surface area contributed by atoms with E-state index >= 15 is 0 Å². The zero-order valence-corrected chi connectivity index (χ0v) is 14.0. The highest BCUT2D eigenvalue weighted by Crippen LogP contribution is 2.12. The van der Waals surface area contributed by atoms with Crippen molar-refractivity contribution < 1.29 is 4.74 Å². The number of hydrogen-bond donors (Lipinski definition) is 0. The average Bonchev–Trinajstić information content (AvgIpc) is 2.47. The van der Waals surface area contributed by atoms with Gasteiger partial charge in [0, 0.05) is 24.8 Å². The van der Waals surface area contributed by atoms with E-state index in [1.807, 2.05) is 18.2 Å². The molecule has 0 atom stereocenters. The first-order valence-corrected chi connectivity index (χ1v) is 7.78. The van der Waals surface area contributed by atoms with Crippen LogP contribution in [0.3, 0.4) is 0 Å². The van der Waals surface area contributed by atoms with Gasteiger partial charge in [-0.05, 0) is 46.8 Å². The Balaban J connectivity index is 2.15. The minimum absolute atomic E-state index is 0.0785. The molecule has 2 aromatic heterocycles. The van der Waals surface area contributed by atoms with Crippen LogP contribution in [0, 0.1) is 6.92 Å². The Bertz CT molecular complexity index is 684. The summed E-state index contributed by atoms with van der Waals surface area (Å²) in [6.07, 6.45) is 1.72. The van der Waals surface area contributed by atoms with Gasteiger partial charge in [-0.1, -0.05) is 6.07 Å². The summed E-state index contributed by atoms with van der Waals surface area (Å²) >= 11 is 0. The Morgan fingerprint density at radius 1 is 1.23 bits per heavy atom. The Morgan fingerprint density at radius 2 is 1.91 bits per heavy atom. The van der Waals surface area contributed by atoms with Gasteiger partial charge in [0.25, 0.3) is 5.56 Å². The zero-order chi connectivity index (χ0) is 16.3. The molecule has 0 aliphatic heterocycles. The molecule has 0 bridgehead atoms. The molecule has 0 fully saturated rings. The predicted molar refractivity (Wildman–Crippen MR) is 88.7 cm³/mol. The van der Waals surface area contributed by atoms with Crippen LogP contribution in [0.25, 0.3) is 5.65 Å². The molecule has 2 rings (SSSR count). The van der Waals surface area contributed by atoms with Crippen molar-refractivity contribution in [1.82, 2.24) is 14.3 Å². The molecule has 2 aromatic rings. The third-order valence-electron chi connectivity index (χ3n) is 3.83. The van der Waals surface area contributed by atoms with Gasteiger partial charge < -0.3 is 4.74 Å². The van der Waals surface area contributed by atoms with E-state index in [1.165, 1.54) is 4.40 Å². The summed E-state index contributed by atoms with van der Waals surface area (Å²) in [5.74, 6) is 0.434. The topological polar surface area (TPSA) is 46.8 Å². The summed E-state index contributed by atoms with van der Waals surface area (Å²) < 4.78 is 7.33. The molecule has 0 N–H and O–H groups in total. The maximum Gasteiger partial charge on any atom is 0.264 e. The summed E-state index contributed by atoms with van der Waals surface area (Å²) in [6.45, 7) is 11.8. The number of aromatic nitrogens is 2. The molecule has 5 nitrogen and oxygen atoms in total. The Kier molecular flexibility index (Phi) is 5.19. The molecule has 0 radical (unpaired) electrons. The van der Waals surface area contributed by atoms with Gasteiger partial charge in [0.05, 0.1) is 5.56 Å². The first-order chi connectivity index (χ1) is 10.4. The first kappa shape index (κ1) is 16.5. The van der Waals surface area contributed by atoms with Crippen molar-refractivity contribution in [1.29, 1.82) is 0 Å². The SMILES string of the molecule is Cc1c(OCCN(C(C)C)C(C)C)nc2ccccn2c1=O. The lowest BCUT2D eigenvalue weighted by Crippen LogP contribution is -2.39. The third-order valence-corrected chi connectivity index (χ3v) is 3.83. The van der Waals surface area contributed by atoms with Crippen molar-refractivity contribution in [2.75, 3.05) is 13.2 Å². The second kappa shape index (κ2) is 6.92. The molecule has 0 amide bonds. The quantitative estimate of drug-likeness (QED) is 0.822. The highest BCUT2D eigenvalue weighted by Gasteiger charge is 2.14. The lowest BCUT2D eigenvalue weighted by atomic mass is 10.2. The number of fused-ring (bicyclic) bond motifs is 1. The number of pyridine rings is 1. The molecular weight excluding hydrogens is 278 g/mol. The van der Waals surface area contributed by atoms with Crippen LogP contribution < -0.4 is 10.3 Å². The minimum Gasteiger partial charge on any atom is -0.476 e. The largest absolute Gasteiger partial charge is 0.476 e. The van der Waals surface area contributed by atoms with E-state index in [-0.39, 0.29) is 5.56 Å². The number of ether oxygens (including phenoxy) is 1. The van der Waals surface area contributed by atoms with Gasteiger partial charge in [-0.2, -0.15) is 4.98 Å². The molecule has 0 unspecified atom stereocenters. The monoisotopic (exact) mass is 303 g/mol. The smallest absolute Gasteiger partial charge is 0.264 e. The summed E-state index contributed by atoms with van der Waals surface area (Å²) in [7, 11) is 0. The van der Waals surface area contributed by atoms with E-state index in [1.54, 1.807) is 13.1 Å². The standard InChI is InChI=1S/C17H25N3O2/c1-12(2)19(13(3)4)10-11-22-16-14(5)17(21)20-9-7-6-8-15(20)18-16/h6-9,12-13H,10-11H2,1-5H3. The summed E-state index contributed by atoms with van der Waals surface area (Å²) in [5, 5.41) is 0. The van der Waals surface area contributed by atoms with Crippen molar-refractivity contribution in [3.63, 3.8) is 0 Å². The van der Waals surface area contributed by atoms with Crippen LogP contribution in [0.1, 0.15) is 33.3 Å². The van der Waals surface area contributed by atoms with E-state index in [2.05, 4.69) is 37.6 Å². The van der Waals surface area contributed by atoms with Gasteiger partial charge in [-0.3, -0.25) is 14.1 Å². The fourth-order valence-corrected chi connectivity index (χ4v) is 2.66. The van der Waals surface area contributed by atoms with Crippen molar-refractivity contribution in [2.45, 2.75) is 46.7 Å². The van der Waals surface area contributed by atoms with Crippen LogP contribution in [0.2, 0.25) is 0 Å². The van der Waals surface area contributed by atoms with E-state index in [0.717, 1.165) is 6.54 Å². The molecule has 0 saturated carbocycles. The summed E-state index contributed by atoms with van der Waals surface area (Å²) in [6, 6.07) is 6.40. The van der Waals surface area contributed by atoms with Crippen LogP contribution in [-0.2, 0) is 0 Å². The maximum atomic E-state index is 12.3. The lowest BCUT2D eigenvalue weighted by Gasteiger charge is -2.30. The van der Waals surface area contributed by atoms with Crippen LogP contribution in [-0.4, -0.2) is 39.5 Å². The highest BCUT2D eigenvalue weighted by molar-refractivity contribution is 5.42. The first-order valence-electron chi connectivity index (χ1n) is 7.78. The van der Waals surface area contributed by atoms with Crippen LogP contribution in [0.4, 0.5) is 0 Å². The lowest BCUT2D eigenvalue weighted by molar-refractivity contribution is 0.140. The minimum atomic E-state index is -0.0785. The molecule has 0 saturated heterocycles. The van der Waals surface area contributed by atoms with E-state index in [9.17, 15) is 4.79 Å². The molecule has 0 spiro atoms. The van der Waals surface area contributed by atoms with Gasteiger partial charge in [-0.15, -0.1) is 0 Å². The third kappa shape index (κ3) is 3.47. The molecule has 0 aliphatic rings. The highest BCUT2D eigenvalue weighted by atomic mass is 16.5. The van der Waals surface area contributed by atoms with Crippen molar-refractivity contribution >= 4 is 5.65 Å². The molecular formula is C17H25N3O2. The number of rotatable bonds is 6. The van der Waals surface area contributed by atoms with Gasteiger partial charge in [0.15, 0.2) is 0 Å². The fraction of sp³-hybridized carbons (Fsp3) is 0.529. The van der Waals surface area contributed by atoms with Gasteiger partial charge in [0.1, 0.15) is 12.3 Å². The zero-order valence-electron chi connectivity index (χ0n) is 14.0. The number of hydrogen-bond acceptors (Lipinski definition) is 4. The normalized spacial score (nSPS) is 11.8. The second-order valence-corrected chi connectivity index (χ2v) is 6.05. The molecule has 22 heavy (non-hydrogen) atoms. The van der Waals surface area contributed by atoms with Gasteiger partial charge in [-0.25, -0.2) is 0 Å². The molecule has 5 heteroatoms. The van der Waals surface area contributed by atoms with E-state index in [0.29, 0.717) is 35.8 Å². The van der Waals surface area contributed by atoms with E-state index < -0.39 is 0 Å². The van der Waals surface area contributed by atoms with Crippen molar-refractivity contribution in [2.24, 2.45) is 0 Å². The van der Waals surface area contributed by atoms with Crippen LogP contribution >= 0.6 is 0 Å². The van der Waals surface area contributed by atoms with Crippen molar-refractivity contribution in [3.8, 4) is 5.88 Å². The Labute approximate surface area is 131 Å². The maximum absolute atomic E-state index is 12.3. The predicted octanol–water partition coefficient (Wildman–Crippen LogP) is 2.50. The van der Waals surface area contributed by atoms with Crippen molar-refractivity contribution in [3.05, 3.63) is 40.3 Å². The molecule has 0 aliphatic carbocycles. The van der Waals surface area contributed by atoms with Crippen LogP contribution in [0.5, 0.6) is 5.88 Å². The average molecular weight is 303 g/mol. The summed E-state index contributed by atoms with van der Waals surface area (Å²) in [5.41, 5.74) is 1.08. The number of nitrogens with zero attached hydrogens (tertiary/aromatic N) is 3. The fourth-order valence-electron chi connectivity index (χ4n) is 2.66.